The van der Waals surface area contributed by atoms with Crippen LogP contribution in [0.5, 0.6) is 0 Å². The number of nitrogens with zero attached hydrogens (tertiary/aromatic N) is 1. The van der Waals surface area contributed by atoms with E-state index in [4.69, 9.17) is 4.74 Å². The second-order valence-corrected chi connectivity index (χ2v) is 5.91. The number of carbonyl (C=O) groups is 3. The Hall–Kier alpha value is -2.37. The summed E-state index contributed by atoms with van der Waals surface area (Å²) < 4.78 is 5.04. The van der Waals surface area contributed by atoms with Crippen LogP contribution < -0.4 is 5.32 Å². The third kappa shape index (κ3) is 4.81. The molecule has 6 nitrogen and oxygen atoms in total. The van der Waals surface area contributed by atoms with E-state index in [1.165, 1.54) is 4.90 Å². The molecule has 0 spiro atoms. The zero-order valence-corrected chi connectivity index (χ0v) is 13.5. The van der Waals surface area contributed by atoms with Crippen molar-refractivity contribution in [2.45, 2.75) is 25.7 Å². The van der Waals surface area contributed by atoms with Gasteiger partial charge in [-0.2, -0.15) is 0 Å². The molecule has 0 aliphatic heterocycles. The van der Waals surface area contributed by atoms with Crippen molar-refractivity contribution in [1.82, 2.24) is 4.90 Å². The molecule has 124 valence electrons. The monoisotopic (exact) mass is 318 g/mol. The van der Waals surface area contributed by atoms with Gasteiger partial charge in [-0.25, -0.2) is 0 Å². The van der Waals surface area contributed by atoms with Gasteiger partial charge in [0.2, 0.25) is 0 Å². The molecular formula is C17H22N2O4. The van der Waals surface area contributed by atoms with Crippen LogP contribution in [-0.4, -0.2) is 43.4 Å². The SMILES string of the molecule is CN(C)C(=O)c1ccc(NC(=O)COC(=O)C2CCCC2)cc1. The second kappa shape index (κ2) is 7.76. The zero-order valence-electron chi connectivity index (χ0n) is 13.5. The number of esters is 1. The third-order valence-corrected chi connectivity index (χ3v) is 3.86. The summed E-state index contributed by atoms with van der Waals surface area (Å²) in [6.07, 6.45) is 3.79. The quantitative estimate of drug-likeness (QED) is 0.843. The molecule has 6 heteroatoms. The lowest BCUT2D eigenvalue weighted by atomic mass is 10.1. The fraction of sp³-hybridized carbons (Fsp3) is 0.471. The topological polar surface area (TPSA) is 75.7 Å². The molecule has 0 aromatic heterocycles. The molecule has 1 N–H and O–H groups in total. The molecule has 1 aliphatic rings. The smallest absolute Gasteiger partial charge is 0.309 e. The number of rotatable bonds is 5. The van der Waals surface area contributed by atoms with Gasteiger partial charge in [0, 0.05) is 25.3 Å². The number of nitrogens with one attached hydrogen (secondary N) is 1. The molecule has 0 bridgehead atoms. The first kappa shape index (κ1) is 17.0. The van der Waals surface area contributed by atoms with Crippen molar-refractivity contribution >= 4 is 23.5 Å². The molecule has 23 heavy (non-hydrogen) atoms. The first-order valence-electron chi connectivity index (χ1n) is 7.75. The van der Waals surface area contributed by atoms with Crippen molar-refractivity contribution in [3.63, 3.8) is 0 Å². The zero-order chi connectivity index (χ0) is 16.8. The summed E-state index contributed by atoms with van der Waals surface area (Å²) in [4.78, 5) is 36.8. The molecule has 0 radical (unpaired) electrons. The summed E-state index contributed by atoms with van der Waals surface area (Å²) in [5.74, 6) is -0.833. The molecule has 0 atom stereocenters. The van der Waals surface area contributed by atoms with Gasteiger partial charge in [0.15, 0.2) is 6.61 Å². The van der Waals surface area contributed by atoms with Gasteiger partial charge in [-0.15, -0.1) is 0 Å². The Labute approximate surface area is 135 Å². The molecule has 1 aromatic carbocycles. The molecule has 1 aromatic rings. The summed E-state index contributed by atoms with van der Waals surface area (Å²) in [7, 11) is 3.35. The van der Waals surface area contributed by atoms with Gasteiger partial charge in [-0.1, -0.05) is 12.8 Å². The lowest BCUT2D eigenvalue weighted by Gasteiger charge is -2.11. The van der Waals surface area contributed by atoms with Crippen LogP contribution in [0.1, 0.15) is 36.0 Å². The van der Waals surface area contributed by atoms with Crippen LogP contribution in [0.3, 0.4) is 0 Å². The lowest BCUT2D eigenvalue weighted by Crippen LogP contribution is -2.24. The van der Waals surface area contributed by atoms with Gasteiger partial charge in [0.25, 0.3) is 11.8 Å². The summed E-state index contributed by atoms with van der Waals surface area (Å²) in [6.45, 7) is -0.284. The Morgan fingerprint density at radius 2 is 1.74 bits per heavy atom. The van der Waals surface area contributed by atoms with Gasteiger partial charge in [0.1, 0.15) is 0 Å². The standard InChI is InChI=1S/C17H22N2O4/c1-19(2)16(21)12-7-9-14(10-8-12)18-15(20)11-23-17(22)13-5-3-4-6-13/h7-10,13H,3-6,11H2,1-2H3,(H,18,20). The van der Waals surface area contributed by atoms with Gasteiger partial charge >= 0.3 is 5.97 Å². The van der Waals surface area contributed by atoms with Crippen molar-refractivity contribution < 1.29 is 19.1 Å². The number of ether oxygens (including phenoxy) is 1. The van der Waals surface area contributed by atoms with Crippen LogP contribution >= 0.6 is 0 Å². The van der Waals surface area contributed by atoms with E-state index in [0.717, 1.165) is 25.7 Å². The van der Waals surface area contributed by atoms with Crippen LogP contribution in [0, 0.1) is 5.92 Å². The van der Waals surface area contributed by atoms with E-state index < -0.39 is 0 Å². The molecule has 1 aliphatic carbocycles. The van der Waals surface area contributed by atoms with E-state index >= 15 is 0 Å². The number of hydrogen-bond donors (Lipinski definition) is 1. The number of anilines is 1. The van der Waals surface area contributed by atoms with Crippen LogP contribution in [0.15, 0.2) is 24.3 Å². The summed E-state index contributed by atoms with van der Waals surface area (Å²) in [5.41, 5.74) is 1.10. The van der Waals surface area contributed by atoms with Gasteiger partial charge in [-0.3, -0.25) is 14.4 Å². The lowest BCUT2D eigenvalue weighted by molar-refractivity contribution is -0.151. The minimum absolute atomic E-state index is 0.0564. The fourth-order valence-corrected chi connectivity index (χ4v) is 2.57. The average Bonchev–Trinajstić information content (AvgIpc) is 3.07. The largest absolute Gasteiger partial charge is 0.455 e. The van der Waals surface area contributed by atoms with Crippen molar-refractivity contribution in [2.24, 2.45) is 5.92 Å². The Morgan fingerprint density at radius 3 is 2.30 bits per heavy atom. The maximum absolute atomic E-state index is 11.8. The molecule has 0 saturated heterocycles. The normalized spacial score (nSPS) is 14.3. The molecule has 0 unspecified atom stereocenters. The Balaban J connectivity index is 1.80. The van der Waals surface area contributed by atoms with Crippen molar-refractivity contribution in [2.75, 3.05) is 26.0 Å². The fourth-order valence-electron chi connectivity index (χ4n) is 2.57. The highest BCUT2D eigenvalue weighted by Crippen LogP contribution is 2.25. The van der Waals surface area contributed by atoms with Crippen molar-refractivity contribution in [3.05, 3.63) is 29.8 Å². The van der Waals surface area contributed by atoms with E-state index in [1.807, 2.05) is 0 Å². The van der Waals surface area contributed by atoms with Crippen LogP contribution in [0.25, 0.3) is 0 Å². The second-order valence-electron chi connectivity index (χ2n) is 5.91. The maximum Gasteiger partial charge on any atom is 0.309 e. The highest BCUT2D eigenvalue weighted by Gasteiger charge is 2.24. The van der Waals surface area contributed by atoms with Gasteiger partial charge in [0.05, 0.1) is 5.92 Å². The molecule has 2 rings (SSSR count). The molecule has 0 heterocycles. The maximum atomic E-state index is 11.8. The predicted molar refractivity (Wildman–Crippen MR) is 86.0 cm³/mol. The van der Waals surface area contributed by atoms with Gasteiger partial charge < -0.3 is 15.0 Å². The van der Waals surface area contributed by atoms with Crippen LogP contribution in [0.2, 0.25) is 0 Å². The summed E-state index contributed by atoms with van der Waals surface area (Å²) in [5, 5.41) is 2.64. The minimum Gasteiger partial charge on any atom is -0.455 e. The Kier molecular flexibility index (Phi) is 5.73. The van der Waals surface area contributed by atoms with Crippen molar-refractivity contribution in [1.29, 1.82) is 0 Å². The van der Waals surface area contributed by atoms with Crippen LogP contribution in [0.4, 0.5) is 5.69 Å². The Morgan fingerprint density at radius 1 is 1.13 bits per heavy atom. The Bertz CT molecular complexity index is 575. The summed E-state index contributed by atoms with van der Waals surface area (Å²) >= 11 is 0. The number of benzene rings is 1. The van der Waals surface area contributed by atoms with E-state index in [2.05, 4.69) is 5.32 Å². The van der Waals surface area contributed by atoms with E-state index in [1.54, 1.807) is 38.4 Å². The molecule has 1 saturated carbocycles. The number of amides is 2. The molecular weight excluding hydrogens is 296 g/mol. The predicted octanol–water partition coefficient (Wildman–Crippen LogP) is 2.06. The van der Waals surface area contributed by atoms with Gasteiger partial charge in [-0.05, 0) is 37.1 Å². The third-order valence-electron chi connectivity index (χ3n) is 3.86. The van der Waals surface area contributed by atoms with Crippen LogP contribution in [-0.2, 0) is 14.3 Å². The first-order chi connectivity index (χ1) is 11.0. The van der Waals surface area contributed by atoms with Crippen molar-refractivity contribution in [3.8, 4) is 0 Å². The van der Waals surface area contributed by atoms with E-state index in [-0.39, 0.29) is 30.3 Å². The number of carbonyl (C=O) groups excluding carboxylic acids is 3. The summed E-state index contributed by atoms with van der Waals surface area (Å²) in [6, 6.07) is 6.58. The first-order valence-corrected chi connectivity index (χ1v) is 7.75. The highest BCUT2D eigenvalue weighted by atomic mass is 16.5. The average molecular weight is 318 g/mol. The molecule has 1 fully saturated rings. The highest BCUT2D eigenvalue weighted by molar-refractivity contribution is 5.96. The minimum atomic E-state index is -0.386. The van der Waals surface area contributed by atoms with E-state index in [9.17, 15) is 14.4 Å². The molecule has 2 amide bonds. The van der Waals surface area contributed by atoms with E-state index in [0.29, 0.717) is 11.3 Å². The number of hydrogen-bond acceptors (Lipinski definition) is 4.